The van der Waals surface area contributed by atoms with Gasteiger partial charge in [-0.25, -0.2) is 9.78 Å². The van der Waals surface area contributed by atoms with E-state index < -0.39 is 5.97 Å². The molecule has 190 valence electrons. The predicted octanol–water partition coefficient (Wildman–Crippen LogP) is 7.46. The number of carbonyl (C=O) groups is 2. The number of pyridine rings is 1. The van der Waals surface area contributed by atoms with E-state index in [2.05, 4.69) is 17.4 Å². The van der Waals surface area contributed by atoms with Gasteiger partial charge in [-0.3, -0.25) is 4.79 Å². The van der Waals surface area contributed by atoms with E-state index in [1.54, 1.807) is 6.92 Å². The number of nitrogens with one attached hydrogen (secondary N) is 1. The van der Waals surface area contributed by atoms with E-state index in [1.165, 1.54) is 28.2 Å². The lowest BCUT2D eigenvalue weighted by Crippen LogP contribution is -2.16. The first-order chi connectivity index (χ1) is 18.4. The number of halogens is 1. The van der Waals surface area contributed by atoms with Gasteiger partial charge in [0.1, 0.15) is 14.7 Å². The molecule has 0 saturated carbocycles. The molecule has 0 fully saturated rings. The molecular weight excluding hydrogens is 538 g/mol. The fourth-order valence-corrected chi connectivity index (χ4v) is 7.16. The second-order valence-corrected chi connectivity index (χ2v) is 11.3. The molecule has 6 nitrogen and oxygen atoms in total. The molecule has 3 aromatic heterocycles. The summed E-state index contributed by atoms with van der Waals surface area (Å²) in [7, 11) is 0. The molecule has 5 aromatic rings. The van der Waals surface area contributed by atoms with Crippen LogP contribution >= 0.6 is 34.3 Å². The van der Waals surface area contributed by atoms with Crippen LogP contribution in [0.15, 0.2) is 60.7 Å². The van der Waals surface area contributed by atoms with Crippen molar-refractivity contribution < 1.29 is 14.3 Å². The summed E-state index contributed by atoms with van der Waals surface area (Å²) in [6.07, 6.45) is 1.53. The Morgan fingerprint density at radius 3 is 2.63 bits per heavy atom. The van der Waals surface area contributed by atoms with E-state index in [4.69, 9.17) is 27.1 Å². The Balaban J connectivity index is 1.37. The number of carbonyl (C=O) groups excluding carboxylic acids is 2. The molecule has 6 rings (SSSR count). The summed E-state index contributed by atoms with van der Waals surface area (Å²) in [6, 6.07) is 19.3. The molecule has 0 atom stereocenters. The zero-order valence-corrected chi connectivity index (χ0v) is 22.7. The van der Waals surface area contributed by atoms with Crippen LogP contribution in [0.4, 0.5) is 10.7 Å². The summed E-state index contributed by atoms with van der Waals surface area (Å²) in [5.41, 5.74) is 12.1. The van der Waals surface area contributed by atoms with Crippen LogP contribution in [-0.2, 0) is 17.6 Å². The number of ether oxygens (including phenoxy) is 1. The van der Waals surface area contributed by atoms with Crippen LogP contribution in [0.2, 0.25) is 5.02 Å². The van der Waals surface area contributed by atoms with E-state index in [0.29, 0.717) is 42.8 Å². The van der Waals surface area contributed by atoms with Gasteiger partial charge in [0.2, 0.25) is 0 Å². The van der Waals surface area contributed by atoms with Crippen molar-refractivity contribution in [2.24, 2.45) is 0 Å². The van der Waals surface area contributed by atoms with E-state index in [1.807, 2.05) is 48.5 Å². The number of fused-ring (bicyclic) bond motifs is 4. The van der Waals surface area contributed by atoms with Crippen molar-refractivity contribution >= 4 is 67.1 Å². The first kappa shape index (κ1) is 24.6. The van der Waals surface area contributed by atoms with Crippen molar-refractivity contribution in [1.29, 1.82) is 0 Å². The van der Waals surface area contributed by atoms with Crippen LogP contribution in [0.1, 0.15) is 38.1 Å². The molecule has 1 aliphatic carbocycles. The van der Waals surface area contributed by atoms with Gasteiger partial charge in [-0.2, -0.15) is 0 Å². The summed E-state index contributed by atoms with van der Waals surface area (Å²) >= 11 is 8.64. The van der Waals surface area contributed by atoms with Crippen molar-refractivity contribution in [3.8, 4) is 21.7 Å². The zero-order chi connectivity index (χ0) is 26.4. The van der Waals surface area contributed by atoms with E-state index in [9.17, 15) is 9.59 Å². The Hall–Kier alpha value is -3.72. The fraction of sp³-hybridized carbons (Fsp3) is 0.138. The van der Waals surface area contributed by atoms with Gasteiger partial charge in [-0.05, 0) is 60.7 Å². The van der Waals surface area contributed by atoms with Crippen molar-refractivity contribution in [3.05, 3.63) is 87.3 Å². The zero-order valence-electron chi connectivity index (χ0n) is 20.3. The first-order valence-corrected chi connectivity index (χ1v) is 14.1. The highest BCUT2D eigenvalue weighted by Crippen LogP contribution is 2.46. The Morgan fingerprint density at radius 2 is 1.84 bits per heavy atom. The van der Waals surface area contributed by atoms with Crippen molar-refractivity contribution in [3.63, 3.8) is 0 Å². The molecule has 0 saturated heterocycles. The van der Waals surface area contributed by atoms with Gasteiger partial charge >= 0.3 is 5.97 Å². The number of esters is 1. The number of nitrogen functional groups attached to an aromatic ring is 1. The summed E-state index contributed by atoms with van der Waals surface area (Å²) in [6.45, 7) is 2.02. The van der Waals surface area contributed by atoms with Crippen LogP contribution in [0.25, 0.3) is 31.9 Å². The number of thiophene rings is 2. The minimum absolute atomic E-state index is 0.248. The molecular formula is C29H22ClN3O3S2. The Bertz CT molecular complexity index is 1720. The number of aryl methyl sites for hydroxylation is 1. The quantitative estimate of drug-likeness (QED) is 0.218. The summed E-state index contributed by atoms with van der Waals surface area (Å²) in [4.78, 5) is 33.3. The third kappa shape index (κ3) is 4.24. The van der Waals surface area contributed by atoms with E-state index >= 15 is 0 Å². The maximum Gasteiger partial charge on any atom is 0.341 e. The third-order valence-corrected chi connectivity index (χ3v) is 9.11. The summed E-state index contributed by atoms with van der Waals surface area (Å²) in [5, 5.41) is 4.81. The maximum atomic E-state index is 13.5. The van der Waals surface area contributed by atoms with Gasteiger partial charge < -0.3 is 15.8 Å². The minimum atomic E-state index is -0.432. The number of aromatic nitrogens is 1. The van der Waals surface area contributed by atoms with Gasteiger partial charge in [-0.1, -0.05) is 48.0 Å². The molecule has 0 spiro atoms. The molecule has 2 aromatic carbocycles. The van der Waals surface area contributed by atoms with Crippen LogP contribution in [0.5, 0.6) is 0 Å². The molecule has 0 radical (unpaired) electrons. The molecule has 0 unspecified atom stereocenters. The maximum absolute atomic E-state index is 13.5. The highest BCUT2D eigenvalue weighted by Gasteiger charge is 2.30. The lowest BCUT2D eigenvalue weighted by molar-refractivity contribution is 0.0527. The number of nitrogens with zero attached hydrogens (tertiary/aromatic N) is 1. The standard InChI is InChI=1S/C29H22ClN3O3S2/c1-2-36-29(35)22-19-12-9-15-5-3-4-6-18(15)24(19)37-28(22)33-26(34)25-23(31)20-13-14-21(32-27(20)38-25)16-7-10-17(30)11-8-16/h3-8,10-11,13-14H,2,9,12,31H2,1H3,(H,33,34). The molecule has 0 aliphatic heterocycles. The van der Waals surface area contributed by atoms with Gasteiger partial charge in [-0.15, -0.1) is 22.7 Å². The summed E-state index contributed by atoms with van der Waals surface area (Å²) in [5.74, 6) is -0.811. The highest BCUT2D eigenvalue weighted by atomic mass is 35.5. The number of anilines is 2. The summed E-state index contributed by atoms with van der Waals surface area (Å²) < 4.78 is 5.38. The monoisotopic (exact) mass is 559 g/mol. The van der Waals surface area contributed by atoms with Crippen molar-refractivity contribution in [1.82, 2.24) is 4.98 Å². The van der Waals surface area contributed by atoms with Crippen LogP contribution in [0.3, 0.4) is 0 Å². The second kappa shape index (κ2) is 9.87. The molecule has 38 heavy (non-hydrogen) atoms. The number of amides is 1. The van der Waals surface area contributed by atoms with Crippen LogP contribution in [-0.4, -0.2) is 23.5 Å². The smallest absolute Gasteiger partial charge is 0.341 e. The molecule has 3 heterocycles. The number of rotatable bonds is 5. The lowest BCUT2D eigenvalue weighted by atomic mass is 9.89. The van der Waals surface area contributed by atoms with Gasteiger partial charge in [0.15, 0.2) is 0 Å². The predicted molar refractivity (Wildman–Crippen MR) is 156 cm³/mol. The SMILES string of the molecule is CCOC(=O)c1c(NC(=O)c2sc3nc(-c4ccc(Cl)cc4)ccc3c2N)sc2c1CCc1ccccc1-2. The Kier molecular flexibility index (Phi) is 6.39. The average molecular weight is 560 g/mol. The topological polar surface area (TPSA) is 94.3 Å². The van der Waals surface area contributed by atoms with Gasteiger partial charge in [0.05, 0.1) is 23.6 Å². The van der Waals surface area contributed by atoms with E-state index in [-0.39, 0.29) is 12.5 Å². The van der Waals surface area contributed by atoms with E-state index in [0.717, 1.165) is 33.7 Å². The Labute approximate surface area is 232 Å². The molecule has 1 aliphatic rings. The number of hydrogen-bond acceptors (Lipinski definition) is 7. The molecule has 0 bridgehead atoms. The van der Waals surface area contributed by atoms with Crippen LogP contribution < -0.4 is 11.1 Å². The minimum Gasteiger partial charge on any atom is -0.462 e. The molecule has 1 amide bonds. The number of hydrogen-bond donors (Lipinski definition) is 2. The number of benzene rings is 2. The van der Waals surface area contributed by atoms with Crippen molar-refractivity contribution in [2.45, 2.75) is 19.8 Å². The second-order valence-electron chi connectivity index (χ2n) is 8.85. The van der Waals surface area contributed by atoms with Gasteiger partial charge in [0, 0.05) is 20.8 Å². The molecule has 9 heteroatoms. The normalized spacial score (nSPS) is 12.2. The number of nitrogens with two attached hydrogens (primary N) is 1. The first-order valence-electron chi connectivity index (χ1n) is 12.1. The van der Waals surface area contributed by atoms with Crippen LogP contribution in [0, 0.1) is 0 Å². The third-order valence-electron chi connectivity index (χ3n) is 6.56. The van der Waals surface area contributed by atoms with Crippen molar-refractivity contribution in [2.75, 3.05) is 17.7 Å². The average Bonchev–Trinajstić information content (AvgIpc) is 3.46. The lowest BCUT2D eigenvalue weighted by Gasteiger charge is -2.16. The Morgan fingerprint density at radius 1 is 1.05 bits per heavy atom. The molecule has 3 N–H and O–H groups in total. The largest absolute Gasteiger partial charge is 0.462 e. The highest BCUT2D eigenvalue weighted by molar-refractivity contribution is 7.22. The van der Waals surface area contributed by atoms with Gasteiger partial charge in [0.25, 0.3) is 5.91 Å². The fourth-order valence-electron chi connectivity index (χ4n) is 4.76.